The van der Waals surface area contributed by atoms with Crippen LogP contribution >= 0.6 is 0 Å². The lowest BCUT2D eigenvalue weighted by Crippen LogP contribution is -2.36. The van der Waals surface area contributed by atoms with E-state index in [0.29, 0.717) is 30.9 Å². The average molecular weight is 436 g/mol. The van der Waals surface area contributed by atoms with E-state index in [4.69, 9.17) is 0 Å². The minimum atomic E-state index is -3.52. The zero-order valence-electron chi connectivity index (χ0n) is 17.7. The van der Waals surface area contributed by atoms with Gasteiger partial charge >= 0.3 is 0 Å². The van der Waals surface area contributed by atoms with E-state index in [9.17, 15) is 18.0 Å². The number of nitrogens with zero attached hydrogens (tertiary/aromatic N) is 4. The Bertz CT molecular complexity index is 1040. The van der Waals surface area contributed by atoms with Crippen LogP contribution in [0.2, 0.25) is 0 Å². The second kappa shape index (κ2) is 9.13. The lowest BCUT2D eigenvalue weighted by molar-refractivity contribution is -0.130. The Hall–Kier alpha value is -2.46. The van der Waals surface area contributed by atoms with Gasteiger partial charge in [-0.2, -0.15) is 4.31 Å². The molecule has 0 unspecified atom stereocenters. The number of rotatable bonds is 7. The fourth-order valence-electron chi connectivity index (χ4n) is 3.51. The molecular weight excluding hydrogens is 406 g/mol. The van der Waals surface area contributed by atoms with Crippen LogP contribution in [0.3, 0.4) is 0 Å². The van der Waals surface area contributed by atoms with Gasteiger partial charge in [0.15, 0.2) is 0 Å². The van der Waals surface area contributed by atoms with E-state index in [1.54, 1.807) is 36.6 Å². The molecule has 1 aromatic carbocycles. The number of aryl methyl sites for hydroxylation is 2. The van der Waals surface area contributed by atoms with Crippen LogP contribution in [-0.2, 0) is 33.1 Å². The molecule has 1 aliphatic rings. The number of nitrogens with one attached hydrogen (secondary N) is 1. The average Bonchev–Trinajstić information content (AvgIpc) is 3.06. The van der Waals surface area contributed by atoms with Crippen molar-refractivity contribution in [1.82, 2.24) is 24.1 Å². The maximum atomic E-state index is 12.9. The molecule has 0 bridgehead atoms. The van der Waals surface area contributed by atoms with Crippen LogP contribution in [0, 0.1) is 0 Å². The Morgan fingerprint density at radius 1 is 1.17 bits per heavy atom. The first kappa shape index (κ1) is 22.2. The summed E-state index contributed by atoms with van der Waals surface area (Å²) < 4.78 is 29.2. The molecule has 0 saturated carbocycles. The van der Waals surface area contributed by atoms with E-state index in [1.165, 1.54) is 4.90 Å². The van der Waals surface area contributed by atoms with Gasteiger partial charge in [0, 0.05) is 47.1 Å². The van der Waals surface area contributed by atoms with Crippen LogP contribution in [0.1, 0.15) is 31.5 Å². The van der Waals surface area contributed by atoms with E-state index in [0.717, 1.165) is 24.8 Å². The van der Waals surface area contributed by atoms with Gasteiger partial charge in [-0.3, -0.25) is 9.59 Å². The first-order valence-corrected chi connectivity index (χ1v) is 11.6. The number of hydrogen-bond acceptors (Lipinski definition) is 5. The van der Waals surface area contributed by atoms with Gasteiger partial charge in [0.25, 0.3) is 0 Å². The standard InChI is InChI=1S/C20H29N5O4S/c1-23(2)20(27)14-21-19(26)10-9-18-22-16-13-15(7-8-17(16)24(18)3)30(28,29)25-11-5-4-6-12-25/h7-8,13H,4-6,9-12,14H2,1-3H3,(H,21,26). The van der Waals surface area contributed by atoms with Crippen molar-refractivity contribution in [2.24, 2.45) is 7.05 Å². The largest absolute Gasteiger partial charge is 0.347 e. The topological polar surface area (TPSA) is 105 Å². The molecule has 0 radical (unpaired) electrons. The smallest absolute Gasteiger partial charge is 0.243 e. The van der Waals surface area contributed by atoms with Crippen LogP contribution in [0.15, 0.2) is 23.1 Å². The van der Waals surface area contributed by atoms with Crippen LogP contribution in [0.5, 0.6) is 0 Å². The normalized spacial score (nSPS) is 15.3. The highest BCUT2D eigenvalue weighted by Gasteiger charge is 2.26. The number of carbonyl (C=O) groups excluding carboxylic acids is 2. The summed E-state index contributed by atoms with van der Waals surface area (Å²) in [7, 11) is 1.59. The van der Waals surface area contributed by atoms with Crippen molar-refractivity contribution in [3.8, 4) is 0 Å². The Labute approximate surface area is 177 Å². The molecule has 1 saturated heterocycles. The molecule has 0 aliphatic carbocycles. The number of piperidine rings is 1. The number of sulfonamides is 1. The summed E-state index contributed by atoms with van der Waals surface area (Å²) in [5.74, 6) is 0.283. The number of hydrogen-bond donors (Lipinski definition) is 1. The predicted octanol–water partition coefficient (Wildman–Crippen LogP) is 0.885. The minimum absolute atomic E-state index is 0.0356. The summed E-state index contributed by atoms with van der Waals surface area (Å²) >= 11 is 0. The molecule has 2 aromatic rings. The van der Waals surface area contributed by atoms with E-state index >= 15 is 0 Å². The molecule has 0 spiro atoms. The molecule has 30 heavy (non-hydrogen) atoms. The van der Waals surface area contributed by atoms with Gasteiger partial charge in [0.1, 0.15) is 5.82 Å². The fraction of sp³-hybridized carbons (Fsp3) is 0.550. The van der Waals surface area contributed by atoms with Crippen molar-refractivity contribution in [2.45, 2.75) is 37.0 Å². The third kappa shape index (κ3) is 4.81. The van der Waals surface area contributed by atoms with Gasteiger partial charge in [-0.1, -0.05) is 6.42 Å². The van der Waals surface area contributed by atoms with Crippen LogP contribution in [0.25, 0.3) is 11.0 Å². The summed E-state index contributed by atoms with van der Waals surface area (Å²) in [5, 5.41) is 2.60. The number of benzene rings is 1. The number of aromatic nitrogens is 2. The third-order valence-electron chi connectivity index (χ3n) is 5.41. The molecule has 3 rings (SSSR count). The Morgan fingerprint density at radius 3 is 2.53 bits per heavy atom. The highest BCUT2D eigenvalue weighted by molar-refractivity contribution is 7.89. The van der Waals surface area contributed by atoms with Crippen molar-refractivity contribution in [2.75, 3.05) is 33.7 Å². The fourth-order valence-corrected chi connectivity index (χ4v) is 5.05. The van der Waals surface area contributed by atoms with Crippen LogP contribution < -0.4 is 5.32 Å². The van der Waals surface area contributed by atoms with Crippen molar-refractivity contribution in [3.05, 3.63) is 24.0 Å². The first-order valence-electron chi connectivity index (χ1n) is 10.1. The van der Waals surface area contributed by atoms with Crippen LogP contribution in [-0.4, -0.2) is 72.7 Å². The molecule has 1 aromatic heterocycles. The number of carbonyl (C=O) groups is 2. The van der Waals surface area contributed by atoms with Gasteiger partial charge < -0.3 is 14.8 Å². The second-order valence-electron chi connectivity index (χ2n) is 7.77. The summed E-state index contributed by atoms with van der Waals surface area (Å²) in [4.78, 5) is 29.8. The summed E-state index contributed by atoms with van der Waals surface area (Å²) in [6.07, 6.45) is 3.42. The van der Waals surface area contributed by atoms with Gasteiger partial charge in [-0.25, -0.2) is 13.4 Å². The molecule has 1 fully saturated rings. The Kier molecular flexibility index (Phi) is 6.77. The van der Waals surface area contributed by atoms with E-state index in [1.807, 2.05) is 11.6 Å². The van der Waals surface area contributed by atoms with Gasteiger partial charge in [0.05, 0.1) is 22.5 Å². The van der Waals surface area contributed by atoms with Gasteiger partial charge in [0.2, 0.25) is 21.8 Å². The van der Waals surface area contributed by atoms with Gasteiger partial charge in [-0.05, 0) is 31.0 Å². The molecule has 1 aliphatic heterocycles. The van der Waals surface area contributed by atoms with E-state index in [2.05, 4.69) is 10.3 Å². The van der Waals surface area contributed by atoms with Crippen LogP contribution in [0.4, 0.5) is 0 Å². The monoisotopic (exact) mass is 435 g/mol. The van der Waals surface area contributed by atoms with E-state index in [-0.39, 0.29) is 29.7 Å². The van der Waals surface area contributed by atoms with Crippen molar-refractivity contribution in [1.29, 1.82) is 0 Å². The quantitative estimate of drug-likeness (QED) is 0.695. The maximum absolute atomic E-state index is 12.9. The summed E-state index contributed by atoms with van der Waals surface area (Å²) in [6, 6.07) is 4.99. The zero-order chi connectivity index (χ0) is 21.9. The number of imidazole rings is 1. The predicted molar refractivity (Wildman–Crippen MR) is 113 cm³/mol. The zero-order valence-corrected chi connectivity index (χ0v) is 18.5. The Morgan fingerprint density at radius 2 is 1.87 bits per heavy atom. The van der Waals surface area contributed by atoms with Gasteiger partial charge in [-0.15, -0.1) is 0 Å². The molecule has 0 atom stereocenters. The molecule has 10 heteroatoms. The van der Waals surface area contributed by atoms with Crippen molar-refractivity contribution in [3.63, 3.8) is 0 Å². The maximum Gasteiger partial charge on any atom is 0.243 e. The third-order valence-corrected chi connectivity index (χ3v) is 7.30. The Balaban J connectivity index is 1.71. The first-order chi connectivity index (χ1) is 14.2. The molecule has 2 amide bonds. The molecule has 164 valence electrons. The summed E-state index contributed by atoms with van der Waals surface area (Å²) in [6.45, 7) is 1.07. The SMILES string of the molecule is CN(C)C(=O)CNC(=O)CCc1nc2cc(S(=O)(=O)N3CCCCC3)ccc2n1C. The second-order valence-corrected chi connectivity index (χ2v) is 9.71. The lowest BCUT2D eigenvalue weighted by atomic mass is 10.2. The molecule has 1 N–H and O–H groups in total. The molecule has 2 heterocycles. The molecular formula is C20H29N5O4S. The summed E-state index contributed by atoms with van der Waals surface area (Å²) in [5.41, 5.74) is 1.40. The van der Waals surface area contributed by atoms with Crippen molar-refractivity contribution < 1.29 is 18.0 Å². The number of fused-ring (bicyclic) bond motifs is 1. The number of likely N-dealkylation sites (N-methyl/N-ethyl adjacent to an activating group) is 1. The van der Waals surface area contributed by atoms with E-state index < -0.39 is 10.0 Å². The highest BCUT2D eigenvalue weighted by Crippen LogP contribution is 2.24. The van der Waals surface area contributed by atoms with Crippen molar-refractivity contribution >= 4 is 32.9 Å². The molecule has 9 nitrogen and oxygen atoms in total. The minimum Gasteiger partial charge on any atom is -0.347 e. The number of amides is 2. The lowest BCUT2D eigenvalue weighted by Gasteiger charge is -2.25. The highest BCUT2D eigenvalue weighted by atomic mass is 32.2.